The predicted molar refractivity (Wildman–Crippen MR) is 121 cm³/mol. The van der Waals surface area contributed by atoms with Gasteiger partial charge >= 0.3 is 0 Å². The number of benzene rings is 2. The monoisotopic (exact) mass is 399 g/mol. The summed E-state index contributed by atoms with van der Waals surface area (Å²) in [6, 6.07) is 18.7. The topological polar surface area (TPSA) is 45.9 Å². The number of ether oxygens (including phenoxy) is 1. The van der Waals surface area contributed by atoms with Crippen LogP contribution < -0.4 is 14.5 Å². The summed E-state index contributed by atoms with van der Waals surface area (Å²) < 4.78 is 7.29. The summed E-state index contributed by atoms with van der Waals surface area (Å²) in [5.74, 6) is 1.82. The molecule has 0 bridgehead atoms. The Morgan fingerprint density at radius 3 is 2.50 bits per heavy atom. The minimum absolute atomic E-state index is 0.829. The maximum Gasteiger partial charge on any atom is 0.154 e. The number of fused-ring (bicyclic) bond motifs is 1. The molecule has 152 valence electrons. The Balaban J connectivity index is 1.41. The number of para-hydroxylation sites is 1. The van der Waals surface area contributed by atoms with Crippen molar-refractivity contribution in [2.24, 2.45) is 0 Å². The number of nitrogens with zero attached hydrogens (tertiary/aromatic N) is 5. The SMILES string of the molecule is COc1cccc(-c2cc3c(N4CCN(c5ccccc5C)CC4)nccn3n2)c1. The first-order chi connectivity index (χ1) is 14.7. The van der Waals surface area contributed by atoms with E-state index in [1.54, 1.807) is 7.11 Å². The Hall–Kier alpha value is -3.54. The number of hydrogen-bond acceptors (Lipinski definition) is 5. The number of aromatic nitrogens is 3. The van der Waals surface area contributed by atoms with Crippen molar-refractivity contribution in [1.29, 1.82) is 0 Å². The Morgan fingerprint density at radius 1 is 0.900 bits per heavy atom. The fourth-order valence-corrected chi connectivity index (χ4v) is 4.15. The molecular weight excluding hydrogens is 374 g/mol. The van der Waals surface area contributed by atoms with Crippen molar-refractivity contribution in [2.75, 3.05) is 43.1 Å². The molecule has 1 aliphatic rings. The Labute approximate surface area is 176 Å². The first kappa shape index (κ1) is 18.5. The molecule has 2 aromatic carbocycles. The molecule has 0 unspecified atom stereocenters. The molecule has 5 rings (SSSR count). The lowest BCUT2D eigenvalue weighted by Gasteiger charge is -2.37. The molecule has 4 aromatic rings. The molecule has 0 saturated carbocycles. The summed E-state index contributed by atoms with van der Waals surface area (Å²) in [5.41, 5.74) is 5.63. The summed E-state index contributed by atoms with van der Waals surface area (Å²) in [6.07, 6.45) is 3.74. The highest BCUT2D eigenvalue weighted by atomic mass is 16.5. The van der Waals surface area contributed by atoms with E-state index in [1.807, 2.05) is 35.1 Å². The van der Waals surface area contributed by atoms with Crippen molar-refractivity contribution >= 4 is 17.0 Å². The van der Waals surface area contributed by atoms with Gasteiger partial charge in [0.2, 0.25) is 0 Å². The lowest BCUT2D eigenvalue weighted by Crippen LogP contribution is -2.47. The van der Waals surface area contributed by atoms with Gasteiger partial charge in [-0.3, -0.25) is 0 Å². The van der Waals surface area contributed by atoms with Crippen molar-refractivity contribution < 1.29 is 4.74 Å². The first-order valence-corrected chi connectivity index (χ1v) is 10.3. The van der Waals surface area contributed by atoms with E-state index in [4.69, 9.17) is 14.8 Å². The summed E-state index contributed by atoms with van der Waals surface area (Å²) >= 11 is 0. The van der Waals surface area contributed by atoms with E-state index in [-0.39, 0.29) is 0 Å². The van der Waals surface area contributed by atoms with Crippen LogP contribution in [0.15, 0.2) is 67.0 Å². The van der Waals surface area contributed by atoms with Gasteiger partial charge in [0.15, 0.2) is 5.82 Å². The van der Waals surface area contributed by atoms with Gasteiger partial charge in [-0.25, -0.2) is 9.50 Å². The van der Waals surface area contributed by atoms with Crippen LogP contribution in [-0.2, 0) is 0 Å². The fourth-order valence-electron chi connectivity index (χ4n) is 4.15. The largest absolute Gasteiger partial charge is 0.497 e. The number of hydrogen-bond donors (Lipinski definition) is 0. The number of aryl methyl sites for hydroxylation is 1. The molecule has 0 aliphatic carbocycles. The van der Waals surface area contributed by atoms with Crippen LogP contribution in [0.1, 0.15) is 5.56 Å². The molecule has 0 radical (unpaired) electrons. The van der Waals surface area contributed by atoms with Crippen LogP contribution in [0.4, 0.5) is 11.5 Å². The molecule has 0 atom stereocenters. The molecule has 1 fully saturated rings. The van der Waals surface area contributed by atoms with Gasteiger partial charge in [0.05, 0.1) is 12.8 Å². The number of methoxy groups -OCH3 is 1. The lowest BCUT2D eigenvalue weighted by atomic mass is 10.1. The molecule has 3 heterocycles. The average Bonchev–Trinajstić information content (AvgIpc) is 3.24. The van der Waals surface area contributed by atoms with Gasteiger partial charge in [-0.1, -0.05) is 30.3 Å². The van der Waals surface area contributed by atoms with Crippen LogP contribution in [-0.4, -0.2) is 47.9 Å². The summed E-state index contributed by atoms with van der Waals surface area (Å²) in [6.45, 7) is 5.99. The van der Waals surface area contributed by atoms with Crippen molar-refractivity contribution in [3.63, 3.8) is 0 Å². The van der Waals surface area contributed by atoms with E-state index < -0.39 is 0 Å². The number of anilines is 2. The second-order valence-corrected chi connectivity index (χ2v) is 7.60. The lowest BCUT2D eigenvalue weighted by molar-refractivity contribution is 0.415. The van der Waals surface area contributed by atoms with Gasteiger partial charge in [-0.05, 0) is 36.8 Å². The van der Waals surface area contributed by atoms with Crippen molar-refractivity contribution in [3.05, 3.63) is 72.6 Å². The van der Waals surface area contributed by atoms with Crippen molar-refractivity contribution in [1.82, 2.24) is 14.6 Å². The second-order valence-electron chi connectivity index (χ2n) is 7.60. The predicted octanol–water partition coefficient (Wildman–Crippen LogP) is 4.04. The highest BCUT2D eigenvalue weighted by molar-refractivity contribution is 5.76. The molecule has 30 heavy (non-hydrogen) atoms. The normalized spacial score (nSPS) is 14.3. The van der Waals surface area contributed by atoms with E-state index >= 15 is 0 Å². The van der Waals surface area contributed by atoms with Crippen LogP contribution in [0.2, 0.25) is 0 Å². The maximum atomic E-state index is 5.36. The molecule has 1 saturated heterocycles. The molecule has 1 aliphatic heterocycles. The van der Waals surface area contributed by atoms with E-state index in [0.29, 0.717) is 0 Å². The van der Waals surface area contributed by atoms with Gasteiger partial charge in [-0.15, -0.1) is 0 Å². The highest BCUT2D eigenvalue weighted by Crippen LogP contribution is 2.28. The summed E-state index contributed by atoms with van der Waals surface area (Å²) in [7, 11) is 1.68. The van der Waals surface area contributed by atoms with Crippen molar-refractivity contribution in [3.8, 4) is 17.0 Å². The Morgan fingerprint density at radius 2 is 1.70 bits per heavy atom. The zero-order valence-electron chi connectivity index (χ0n) is 17.3. The van der Waals surface area contributed by atoms with Crippen LogP contribution in [0, 0.1) is 6.92 Å². The number of piperazine rings is 1. The van der Waals surface area contributed by atoms with E-state index in [0.717, 1.165) is 54.5 Å². The van der Waals surface area contributed by atoms with Gasteiger partial charge < -0.3 is 14.5 Å². The molecule has 0 amide bonds. The van der Waals surface area contributed by atoms with Gasteiger partial charge in [0.1, 0.15) is 11.3 Å². The van der Waals surface area contributed by atoms with E-state index in [2.05, 4.69) is 53.1 Å². The van der Waals surface area contributed by atoms with E-state index in [9.17, 15) is 0 Å². The second kappa shape index (κ2) is 7.71. The van der Waals surface area contributed by atoms with Gasteiger partial charge in [0, 0.05) is 49.8 Å². The fraction of sp³-hybridized carbons (Fsp3) is 0.250. The smallest absolute Gasteiger partial charge is 0.154 e. The first-order valence-electron chi connectivity index (χ1n) is 10.3. The quantitative estimate of drug-likeness (QED) is 0.518. The minimum Gasteiger partial charge on any atom is -0.497 e. The standard InChI is InChI=1S/C24H25N5O/c1-18-6-3-4-9-22(18)27-12-14-28(15-13-27)24-23-17-21(26-29(23)11-10-25-24)19-7-5-8-20(16-19)30-2/h3-11,16-17H,12-15H2,1-2H3. The zero-order chi connectivity index (χ0) is 20.5. The third-order valence-electron chi connectivity index (χ3n) is 5.77. The Kier molecular flexibility index (Phi) is 4.75. The van der Waals surface area contributed by atoms with Crippen LogP contribution in [0.5, 0.6) is 5.75 Å². The molecule has 6 heteroatoms. The van der Waals surface area contributed by atoms with Crippen LogP contribution >= 0.6 is 0 Å². The van der Waals surface area contributed by atoms with Gasteiger partial charge in [0.25, 0.3) is 0 Å². The zero-order valence-corrected chi connectivity index (χ0v) is 17.3. The minimum atomic E-state index is 0.829. The third-order valence-corrected chi connectivity index (χ3v) is 5.77. The molecular formula is C24H25N5O. The van der Waals surface area contributed by atoms with Crippen LogP contribution in [0.3, 0.4) is 0 Å². The molecule has 2 aromatic heterocycles. The van der Waals surface area contributed by atoms with Crippen LogP contribution in [0.25, 0.3) is 16.8 Å². The molecule has 6 nitrogen and oxygen atoms in total. The van der Waals surface area contributed by atoms with E-state index in [1.165, 1.54) is 11.3 Å². The van der Waals surface area contributed by atoms with Crippen molar-refractivity contribution in [2.45, 2.75) is 6.92 Å². The summed E-state index contributed by atoms with van der Waals surface area (Å²) in [4.78, 5) is 9.53. The maximum absolute atomic E-state index is 5.36. The third kappa shape index (κ3) is 3.34. The van der Waals surface area contributed by atoms with Gasteiger partial charge in [-0.2, -0.15) is 5.10 Å². The highest BCUT2D eigenvalue weighted by Gasteiger charge is 2.21. The molecule has 0 N–H and O–H groups in total. The average molecular weight is 399 g/mol. The molecule has 0 spiro atoms. The number of rotatable bonds is 4. The Bertz CT molecular complexity index is 1180. The summed E-state index contributed by atoms with van der Waals surface area (Å²) in [5, 5.41) is 4.77.